The number of nitrogens with zero attached hydrogens (tertiary/aromatic N) is 4. The van der Waals surface area contributed by atoms with E-state index in [1.165, 1.54) is 18.3 Å². The van der Waals surface area contributed by atoms with Gasteiger partial charge in [-0.2, -0.15) is 9.61 Å². The van der Waals surface area contributed by atoms with Gasteiger partial charge in [-0.25, -0.2) is 8.42 Å². The van der Waals surface area contributed by atoms with E-state index >= 15 is 0 Å². The molecule has 1 aliphatic rings. The van der Waals surface area contributed by atoms with Gasteiger partial charge in [-0.15, -0.1) is 10.2 Å². The number of fused-ring (bicyclic) bond motifs is 2. The highest BCUT2D eigenvalue weighted by Gasteiger charge is 2.18. The topological polar surface area (TPSA) is 89.2 Å². The normalized spacial score (nSPS) is 13.9. The Kier molecular flexibility index (Phi) is 4.28. The molecular formula is C21H19N5O2S. The molecule has 0 radical (unpaired) electrons. The van der Waals surface area contributed by atoms with Crippen molar-refractivity contribution >= 4 is 21.4 Å². The summed E-state index contributed by atoms with van der Waals surface area (Å²) >= 11 is 0. The van der Waals surface area contributed by atoms with Crippen LogP contribution in [0.3, 0.4) is 0 Å². The molecule has 1 N–H and O–H groups in total. The number of benzene rings is 2. The fraction of sp³-hybridized carbons (Fsp3) is 0.190. The molecule has 5 rings (SSSR count). The molecule has 0 spiro atoms. The minimum atomic E-state index is -3.67. The number of hydrogen-bond acceptors (Lipinski definition) is 5. The summed E-state index contributed by atoms with van der Waals surface area (Å²) < 4.78 is 30.1. The van der Waals surface area contributed by atoms with Crippen molar-refractivity contribution in [3.05, 3.63) is 72.1 Å². The number of hydrogen-bond donors (Lipinski definition) is 1. The third-order valence-corrected chi connectivity index (χ3v) is 6.58. The van der Waals surface area contributed by atoms with Crippen LogP contribution in [0.5, 0.6) is 0 Å². The molecule has 0 aliphatic heterocycles. The van der Waals surface area contributed by atoms with Gasteiger partial charge in [0.05, 0.1) is 10.6 Å². The number of aromatic nitrogens is 4. The van der Waals surface area contributed by atoms with Crippen LogP contribution in [-0.2, 0) is 22.9 Å². The predicted octanol–water partition coefficient (Wildman–Crippen LogP) is 3.47. The summed E-state index contributed by atoms with van der Waals surface area (Å²) in [5, 5.41) is 12.2. The van der Waals surface area contributed by atoms with E-state index in [4.69, 9.17) is 0 Å². The van der Waals surface area contributed by atoms with Crippen LogP contribution < -0.4 is 4.72 Å². The predicted molar refractivity (Wildman–Crippen MR) is 110 cm³/mol. The molecule has 2 heterocycles. The molecule has 1 aliphatic carbocycles. The molecule has 146 valence electrons. The lowest BCUT2D eigenvalue weighted by Gasteiger charge is -2.17. The Morgan fingerprint density at radius 2 is 1.79 bits per heavy atom. The minimum absolute atomic E-state index is 0.299. The highest BCUT2D eigenvalue weighted by atomic mass is 32.2. The van der Waals surface area contributed by atoms with Crippen molar-refractivity contribution in [3.8, 4) is 11.3 Å². The number of rotatable bonds is 4. The van der Waals surface area contributed by atoms with Crippen LogP contribution in [0.15, 0.2) is 65.8 Å². The van der Waals surface area contributed by atoms with Crippen LogP contribution in [0, 0.1) is 0 Å². The second kappa shape index (κ2) is 6.97. The molecule has 29 heavy (non-hydrogen) atoms. The number of nitrogens with one attached hydrogen (secondary N) is 1. The Bertz CT molecular complexity index is 1310. The Hall–Kier alpha value is -3.26. The van der Waals surface area contributed by atoms with Crippen LogP contribution in [0.1, 0.15) is 24.0 Å². The molecule has 0 fully saturated rings. The summed E-state index contributed by atoms with van der Waals surface area (Å²) in [6.45, 7) is 0. The van der Waals surface area contributed by atoms with Gasteiger partial charge in [0, 0.05) is 11.3 Å². The number of sulfonamides is 1. The van der Waals surface area contributed by atoms with Gasteiger partial charge in [0.25, 0.3) is 10.0 Å². The smallest absolute Gasteiger partial charge is 0.261 e. The first-order valence-corrected chi connectivity index (χ1v) is 11.0. The Morgan fingerprint density at radius 1 is 0.931 bits per heavy atom. The zero-order chi connectivity index (χ0) is 19.8. The van der Waals surface area contributed by atoms with Crippen LogP contribution in [0.4, 0.5) is 5.69 Å². The second-order valence-corrected chi connectivity index (χ2v) is 8.86. The average molecular weight is 405 g/mol. The maximum Gasteiger partial charge on any atom is 0.261 e. The molecule has 8 heteroatoms. The number of aryl methyl sites for hydroxylation is 2. The van der Waals surface area contributed by atoms with E-state index in [0.717, 1.165) is 30.4 Å². The maximum absolute atomic E-state index is 12.9. The lowest BCUT2D eigenvalue weighted by molar-refractivity contribution is 0.600. The standard InChI is InChI=1S/C21H19N5O2S/c27-29(28,19-9-8-15-4-1-2-5-16(15)13-19)25-18-7-3-6-17(12-18)20-10-11-21-23-22-14-26(21)24-20/h3,6-14,25H,1-2,4-5H2. The summed E-state index contributed by atoms with van der Waals surface area (Å²) in [6.07, 6.45) is 5.76. The van der Waals surface area contributed by atoms with E-state index < -0.39 is 10.0 Å². The summed E-state index contributed by atoms with van der Waals surface area (Å²) in [5.41, 5.74) is 5.04. The van der Waals surface area contributed by atoms with E-state index in [1.54, 1.807) is 28.8 Å². The summed E-state index contributed by atoms with van der Waals surface area (Å²) in [4.78, 5) is 0.299. The van der Waals surface area contributed by atoms with Gasteiger partial charge < -0.3 is 0 Å². The van der Waals surface area contributed by atoms with E-state index in [0.29, 0.717) is 21.9 Å². The van der Waals surface area contributed by atoms with Crippen molar-refractivity contribution in [2.75, 3.05) is 4.72 Å². The molecule has 0 saturated carbocycles. The van der Waals surface area contributed by atoms with Crippen molar-refractivity contribution in [1.29, 1.82) is 0 Å². The zero-order valence-corrected chi connectivity index (χ0v) is 16.4. The molecule has 0 unspecified atom stereocenters. The van der Waals surface area contributed by atoms with Crippen LogP contribution in [0.25, 0.3) is 16.9 Å². The lowest BCUT2D eigenvalue weighted by Crippen LogP contribution is -2.14. The van der Waals surface area contributed by atoms with Crippen molar-refractivity contribution in [1.82, 2.24) is 19.8 Å². The molecule has 4 aromatic rings. The van der Waals surface area contributed by atoms with Crippen LogP contribution >= 0.6 is 0 Å². The van der Waals surface area contributed by atoms with Crippen molar-refractivity contribution in [2.24, 2.45) is 0 Å². The fourth-order valence-electron chi connectivity index (χ4n) is 3.72. The molecular weight excluding hydrogens is 386 g/mol. The van der Waals surface area contributed by atoms with Crippen molar-refractivity contribution in [3.63, 3.8) is 0 Å². The first-order valence-electron chi connectivity index (χ1n) is 9.51. The van der Waals surface area contributed by atoms with Gasteiger partial charge >= 0.3 is 0 Å². The molecule has 7 nitrogen and oxygen atoms in total. The minimum Gasteiger partial charge on any atom is -0.280 e. The molecule has 0 atom stereocenters. The Morgan fingerprint density at radius 3 is 2.69 bits per heavy atom. The van der Waals surface area contributed by atoms with Gasteiger partial charge in [0.1, 0.15) is 6.33 Å². The van der Waals surface area contributed by atoms with E-state index in [1.807, 2.05) is 30.3 Å². The fourth-order valence-corrected chi connectivity index (χ4v) is 4.82. The van der Waals surface area contributed by atoms with Gasteiger partial charge in [0.15, 0.2) is 5.65 Å². The molecule has 0 saturated heterocycles. The summed E-state index contributed by atoms with van der Waals surface area (Å²) in [7, 11) is -3.67. The SMILES string of the molecule is O=S(=O)(Nc1cccc(-c2ccc3nncn3n2)c1)c1ccc2c(c1)CCCC2. The second-order valence-electron chi connectivity index (χ2n) is 7.18. The van der Waals surface area contributed by atoms with Gasteiger partial charge in [-0.3, -0.25) is 4.72 Å². The molecule has 2 aromatic carbocycles. The van der Waals surface area contributed by atoms with E-state index in [-0.39, 0.29) is 0 Å². The monoisotopic (exact) mass is 405 g/mol. The largest absolute Gasteiger partial charge is 0.280 e. The van der Waals surface area contributed by atoms with Crippen molar-refractivity contribution in [2.45, 2.75) is 30.6 Å². The average Bonchev–Trinajstić information content (AvgIpc) is 3.21. The first-order chi connectivity index (χ1) is 14.1. The number of anilines is 1. The third kappa shape index (κ3) is 3.47. The van der Waals surface area contributed by atoms with Gasteiger partial charge in [-0.1, -0.05) is 18.2 Å². The molecule has 0 bridgehead atoms. The molecule has 0 amide bonds. The highest BCUT2D eigenvalue weighted by Crippen LogP contribution is 2.26. The van der Waals surface area contributed by atoms with Crippen LogP contribution in [0.2, 0.25) is 0 Å². The maximum atomic E-state index is 12.9. The molecule has 2 aromatic heterocycles. The van der Waals surface area contributed by atoms with E-state index in [9.17, 15) is 8.42 Å². The quantitative estimate of drug-likeness (QED) is 0.562. The third-order valence-electron chi connectivity index (χ3n) is 5.20. The summed E-state index contributed by atoms with van der Waals surface area (Å²) in [5.74, 6) is 0. The Balaban J connectivity index is 1.45. The lowest BCUT2D eigenvalue weighted by atomic mass is 9.92. The highest BCUT2D eigenvalue weighted by molar-refractivity contribution is 7.92. The van der Waals surface area contributed by atoms with Gasteiger partial charge in [0.2, 0.25) is 0 Å². The van der Waals surface area contributed by atoms with Crippen molar-refractivity contribution < 1.29 is 8.42 Å². The van der Waals surface area contributed by atoms with E-state index in [2.05, 4.69) is 20.0 Å². The van der Waals surface area contributed by atoms with Gasteiger partial charge in [-0.05, 0) is 73.2 Å². The zero-order valence-electron chi connectivity index (χ0n) is 15.6. The first kappa shape index (κ1) is 17.8. The summed E-state index contributed by atoms with van der Waals surface area (Å²) in [6, 6.07) is 16.3. The van der Waals surface area contributed by atoms with Crippen LogP contribution in [-0.4, -0.2) is 28.2 Å². The Labute approximate surface area is 168 Å².